The van der Waals surface area contributed by atoms with E-state index in [2.05, 4.69) is 4.98 Å². The highest BCUT2D eigenvalue weighted by molar-refractivity contribution is 5.97. The molecule has 1 amide bonds. The summed E-state index contributed by atoms with van der Waals surface area (Å²) in [6, 6.07) is 11.3. The van der Waals surface area contributed by atoms with Gasteiger partial charge >= 0.3 is 0 Å². The monoisotopic (exact) mass is 366 g/mol. The highest BCUT2D eigenvalue weighted by atomic mass is 19.1. The van der Waals surface area contributed by atoms with Crippen molar-refractivity contribution in [3.8, 4) is 5.75 Å². The number of nitrogens with one attached hydrogen (secondary N) is 1. The summed E-state index contributed by atoms with van der Waals surface area (Å²) in [6.45, 7) is 2.47. The summed E-state index contributed by atoms with van der Waals surface area (Å²) >= 11 is 0. The number of carbonyl (C=O) groups excluding carboxylic acids is 1. The summed E-state index contributed by atoms with van der Waals surface area (Å²) in [4.78, 5) is 29.8. The van der Waals surface area contributed by atoms with Crippen molar-refractivity contribution in [2.24, 2.45) is 0 Å². The molecule has 5 nitrogen and oxygen atoms in total. The summed E-state index contributed by atoms with van der Waals surface area (Å²) in [7, 11) is 1.61. The molecular weight excluding hydrogens is 347 g/mol. The minimum atomic E-state index is -0.512. The fraction of sp³-hybridized carbons (Fsp3) is 0.238. The van der Waals surface area contributed by atoms with Gasteiger partial charge in [0, 0.05) is 6.54 Å². The third kappa shape index (κ3) is 2.97. The summed E-state index contributed by atoms with van der Waals surface area (Å²) in [5.74, 6) is -0.0312. The van der Waals surface area contributed by atoms with E-state index in [-0.39, 0.29) is 17.5 Å². The van der Waals surface area contributed by atoms with Crippen LogP contribution in [-0.4, -0.2) is 29.4 Å². The molecule has 1 aliphatic rings. The molecule has 2 heterocycles. The van der Waals surface area contributed by atoms with Crippen LogP contribution >= 0.6 is 0 Å². The largest absolute Gasteiger partial charge is 0.497 e. The molecule has 2 aromatic carbocycles. The standard InChI is InChI=1S/C21H19FN2O3/c1-12-17-11-16(27-2)6-4-13(17)7-8-24(12)21(26)18-9-14-3-5-15(22)10-19(14)23-20(18)25/h3-6,9-12H,7-8H2,1-2H3,(H,23,25). The number of rotatable bonds is 2. The number of fused-ring (bicyclic) bond motifs is 2. The molecule has 1 aliphatic heterocycles. The number of halogens is 1. The van der Waals surface area contributed by atoms with Gasteiger partial charge in [0.2, 0.25) is 0 Å². The second-order valence-electron chi connectivity index (χ2n) is 6.73. The molecule has 0 bridgehead atoms. The molecule has 138 valence electrons. The van der Waals surface area contributed by atoms with Crippen LogP contribution in [-0.2, 0) is 6.42 Å². The normalized spacial score (nSPS) is 16.3. The Morgan fingerprint density at radius 3 is 2.81 bits per heavy atom. The Balaban J connectivity index is 1.72. The quantitative estimate of drug-likeness (QED) is 0.756. The Bertz CT molecular complexity index is 1110. The number of amides is 1. The molecule has 0 saturated carbocycles. The first-order valence-electron chi connectivity index (χ1n) is 8.78. The van der Waals surface area contributed by atoms with Gasteiger partial charge in [0.25, 0.3) is 11.5 Å². The Labute approximate surface area is 155 Å². The minimum Gasteiger partial charge on any atom is -0.497 e. The zero-order chi connectivity index (χ0) is 19.1. The van der Waals surface area contributed by atoms with Crippen LogP contribution in [0.3, 0.4) is 0 Å². The highest BCUT2D eigenvalue weighted by Gasteiger charge is 2.30. The van der Waals surface area contributed by atoms with Crippen LogP contribution in [0.15, 0.2) is 47.3 Å². The van der Waals surface area contributed by atoms with Crippen molar-refractivity contribution in [1.82, 2.24) is 9.88 Å². The molecule has 0 aliphatic carbocycles. The van der Waals surface area contributed by atoms with Gasteiger partial charge in [0.15, 0.2) is 0 Å². The van der Waals surface area contributed by atoms with Crippen LogP contribution in [0.1, 0.15) is 34.5 Å². The molecule has 4 rings (SSSR count). The van der Waals surface area contributed by atoms with Gasteiger partial charge in [-0.2, -0.15) is 0 Å². The average molecular weight is 366 g/mol. The first-order chi connectivity index (χ1) is 13.0. The molecule has 3 aromatic rings. The number of hydrogen-bond donors (Lipinski definition) is 1. The van der Waals surface area contributed by atoms with E-state index in [4.69, 9.17) is 4.74 Å². The number of ether oxygens (including phenoxy) is 1. The number of pyridine rings is 1. The van der Waals surface area contributed by atoms with E-state index in [1.54, 1.807) is 18.1 Å². The molecule has 1 unspecified atom stereocenters. The Morgan fingerprint density at radius 1 is 1.22 bits per heavy atom. The van der Waals surface area contributed by atoms with Crippen LogP contribution in [0.2, 0.25) is 0 Å². The van der Waals surface area contributed by atoms with Gasteiger partial charge in [-0.05, 0) is 66.3 Å². The number of nitrogens with zero attached hydrogens (tertiary/aromatic N) is 1. The van der Waals surface area contributed by atoms with Gasteiger partial charge < -0.3 is 14.6 Å². The molecule has 6 heteroatoms. The van der Waals surface area contributed by atoms with E-state index in [0.29, 0.717) is 23.9 Å². The smallest absolute Gasteiger partial charge is 0.261 e. The zero-order valence-electron chi connectivity index (χ0n) is 15.1. The van der Waals surface area contributed by atoms with Crippen molar-refractivity contribution < 1.29 is 13.9 Å². The van der Waals surface area contributed by atoms with Gasteiger partial charge in [-0.1, -0.05) is 6.07 Å². The number of hydrogen-bond acceptors (Lipinski definition) is 3. The van der Waals surface area contributed by atoms with Crippen LogP contribution in [0.5, 0.6) is 5.75 Å². The molecule has 27 heavy (non-hydrogen) atoms. The maximum atomic E-state index is 13.4. The van der Waals surface area contributed by atoms with Gasteiger partial charge in [0.05, 0.1) is 18.7 Å². The lowest BCUT2D eigenvalue weighted by atomic mass is 9.92. The number of aromatic nitrogens is 1. The van der Waals surface area contributed by atoms with Gasteiger partial charge in [0.1, 0.15) is 17.1 Å². The first kappa shape index (κ1) is 17.3. The number of H-pyrrole nitrogens is 1. The maximum Gasteiger partial charge on any atom is 0.261 e. The summed E-state index contributed by atoms with van der Waals surface area (Å²) in [5, 5.41) is 0.617. The topological polar surface area (TPSA) is 62.4 Å². The molecule has 0 radical (unpaired) electrons. The van der Waals surface area contributed by atoms with Crippen molar-refractivity contribution in [3.63, 3.8) is 0 Å². The van der Waals surface area contributed by atoms with Crippen molar-refractivity contribution in [2.45, 2.75) is 19.4 Å². The lowest BCUT2D eigenvalue weighted by Gasteiger charge is -2.35. The lowest BCUT2D eigenvalue weighted by Crippen LogP contribution is -2.41. The minimum absolute atomic E-state index is 0.0623. The van der Waals surface area contributed by atoms with Crippen molar-refractivity contribution in [1.29, 1.82) is 0 Å². The highest BCUT2D eigenvalue weighted by Crippen LogP contribution is 2.33. The van der Waals surface area contributed by atoms with E-state index in [1.807, 2.05) is 25.1 Å². The van der Waals surface area contributed by atoms with Crippen molar-refractivity contribution in [2.75, 3.05) is 13.7 Å². The van der Waals surface area contributed by atoms with E-state index in [0.717, 1.165) is 11.3 Å². The van der Waals surface area contributed by atoms with Crippen LogP contribution in [0.25, 0.3) is 10.9 Å². The van der Waals surface area contributed by atoms with Crippen molar-refractivity contribution in [3.05, 3.63) is 75.3 Å². The lowest BCUT2D eigenvalue weighted by molar-refractivity contribution is 0.0675. The second kappa shape index (κ2) is 6.54. The molecule has 1 atom stereocenters. The number of methoxy groups -OCH3 is 1. The van der Waals surface area contributed by atoms with E-state index in [9.17, 15) is 14.0 Å². The number of benzene rings is 2. The van der Waals surface area contributed by atoms with Gasteiger partial charge in [-0.3, -0.25) is 9.59 Å². The van der Waals surface area contributed by atoms with E-state index < -0.39 is 11.4 Å². The fourth-order valence-corrected chi connectivity index (χ4v) is 3.68. The van der Waals surface area contributed by atoms with Crippen molar-refractivity contribution >= 4 is 16.8 Å². The van der Waals surface area contributed by atoms with Gasteiger partial charge in [-0.25, -0.2) is 4.39 Å². The van der Waals surface area contributed by atoms with E-state index >= 15 is 0 Å². The average Bonchev–Trinajstić information content (AvgIpc) is 2.67. The second-order valence-corrected chi connectivity index (χ2v) is 6.73. The molecule has 1 aromatic heterocycles. The molecule has 0 spiro atoms. The predicted molar refractivity (Wildman–Crippen MR) is 101 cm³/mol. The first-order valence-corrected chi connectivity index (χ1v) is 8.78. The third-order valence-electron chi connectivity index (χ3n) is 5.19. The number of carbonyl (C=O) groups is 1. The molecular formula is C21H19FN2O3. The summed E-state index contributed by atoms with van der Waals surface area (Å²) in [5.41, 5.74) is 2.12. The van der Waals surface area contributed by atoms with Crippen LogP contribution in [0, 0.1) is 5.82 Å². The van der Waals surface area contributed by atoms with E-state index in [1.165, 1.54) is 23.8 Å². The SMILES string of the molecule is COc1ccc2c(c1)C(C)N(C(=O)c1cc3ccc(F)cc3[nH]c1=O)CC2. The third-order valence-corrected chi connectivity index (χ3v) is 5.19. The van der Waals surface area contributed by atoms with Crippen LogP contribution < -0.4 is 10.3 Å². The summed E-state index contributed by atoms with van der Waals surface area (Å²) in [6.07, 6.45) is 0.714. The number of aromatic amines is 1. The maximum absolute atomic E-state index is 13.4. The Morgan fingerprint density at radius 2 is 2.04 bits per heavy atom. The predicted octanol–water partition coefficient (Wildman–Crippen LogP) is 3.44. The fourth-order valence-electron chi connectivity index (χ4n) is 3.68. The zero-order valence-corrected chi connectivity index (χ0v) is 15.1. The molecule has 0 fully saturated rings. The Hall–Kier alpha value is -3.15. The summed E-state index contributed by atoms with van der Waals surface area (Å²) < 4.78 is 18.7. The van der Waals surface area contributed by atoms with Gasteiger partial charge in [-0.15, -0.1) is 0 Å². The molecule has 1 N–H and O–H groups in total. The molecule has 0 saturated heterocycles. The van der Waals surface area contributed by atoms with Crippen LogP contribution in [0.4, 0.5) is 4.39 Å². The Kier molecular flexibility index (Phi) is 4.18.